The summed E-state index contributed by atoms with van der Waals surface area (Å²) >= 11 is 0.966. The lowest BCUT2D eigenvalue weighted by Crippen LogP contribution is -2.61. The van der Waals surface area contributed by atoms with Crippen molar-refractivity contribution < 1.29 is 58.5 Å². The van der Waals surface area contributed by atoms with Crippen molar-refractivity contribution in [3.05, 3.63) is 47.0 Å². The van der Waals surface area contributed by atoms with Gasteiger partial charge < -0.3 is 47.2 Å². The number of carboxylic acid groups (broad SMARTS) is 3. The molecule has 1 aliphatic heterocycles. The van der Waals surface area contributed by atoms with Crippen LogP contribution in [0.5, 0.6) is 0 Å². The summed E-state index contributed by atoms with van der Waals surface area (Å²) in [4.78, 5) is 116. The van der Waals surface area contributed by atoms with Gasteiger partial charge in [0.25, 0.3) is 0 Å². The summed E-state index contributed by atoms with van der Waals surface area (Å²) in [6.07, 6.45) is 0.795. The zero-order valence-electron chi connectivity index (χ0n) is 37.1. The molecule has 1 saturated heterocycles. The van der Waals surface area contributed by atoms with Crippen LogP contribution < -0.4 is 27.0 Å². The Morgan fingerprint density at radius 3 is 2.05 bits per heavy atom. The molecule has 20 heteroatoms. The number of aliphatic carboxylic acids is 2. The quantitative estimate of drug-likeness (QED) is 0.0561. The van der Waals surface area contributed by atoms with Crippen LogP contribution in [0.4, 0.5) is 0 Å². The number of carbonyl (C=O) groups excluding carboxylic acids is 6. The molecule has 0 aliphatic carbocycles. The Morgan fingerprint density at radius 2 is 1.55 bits per heavy atom. The lowest BCUT2D eigenvalue weighted by molar-refractivity contribution is -0.142. The smallest absolute Gasteiger partial charge is 0.335 e. The zero-order chi connectivity index (χ0) is 47.4. The molecular weight excluding hydrogens is 827 g/mol. The van der Waals surface area contributed by atoms with Gasteiger partial charge in [0.05, 0.1) is 22.9 Å². The van der Waals surface area contributed by atoms with Crippen molar-refractivity contribution in [2.24, 2.45) is 17.1 Å². The molecule has 1 heterocycles. The standard InChI is InChI=1S/C42H63N7O12S/c1-22(2)28(48(10)37(55)33(41(4,5)6)47-35(53)32(44-9)42(7,8)25-13-11-24(12-14-25)38(56)57)19-23(3)34(52)46-27(40(60)61)15-16-30(50)45-17-18-49-31(51)20-29(36(49)54)62-21-26(43)39(58)59/h11-14,19,22,26-29,32-33,44H,15-18,20-21,43H2,1-10H3,(H,45,50)(H,46,52)(H,47,53)(H,56,57)(H,58,59)(H,60,61)/b23-19+/t26-,27+,28+,29?,32+,33+/m0/s1. The average molecular weight is 890 g/mol. The van der Waals surface area contributed by atoms with Crippen LogP contribution in [0.25, 0.3) is 0 Å². The second-order valence-corrected chi connectivity index (χ2v) is 18.5. The molecular formula is C42H63N7O12S. The van der Waals surface area contributed by atoms with E-state index in [1.165, 1.54) is 30.0 Å². The highest BCUT2D eigenvalue weighted by Crippen LogP contribution is 2.30. The molecule has 1 aromatic carbocycles. The van der Waals surface area contributed by atoms with Gasteiger partial charge in [-0.25, -0.2) is 9.59 Å². The summed E-state index contributed by atoms with van der Waals surface area (Å²) < 4.78 is 0. The molecule has 0 spiro atoms. The number of thioether (sulfide) groups is 1. The fourth-order valence-corrected chi connectivity index (χ4v) is 7.96. The number of nitrogens with two attached hydrogens (primary N) is 1. The van der Waals surface area contributed by atoms with Crippen LogP contribution >= 0.6 is 11.8 Å². The van der Waals surface area contributed by atoms with Crippen molar-refractivity contribution in [2.75, 3.05) is 32.9 Å². The predicted octanol–water partition coefficient (Wildman–Crippen LogP) is 0.949. The average Bonchev–Trinajstić information content (AvgIpc) is 3.45. The number of carboxylic acids is 3. The number of amides is 6. The third kappa shape index (κ3) is 14.4. The Balaban J connectivity index is 2.10. The molecule has 1 unspecified atom stereocenters. The topological polar surface area (TPSA) is 295 Å². The molecule has 9 N–H and O–H groups in total. The van der Waals surface area contributed by atoms with E-state index < -0.39 is 99.6 Å². The van der Waals surface area contributed by atoms with Crippen molar-refractivity contribution in [1.82, 2.24) is 31.1 Å². The van der Waals surface area contributed by atoms with Crippen LogP contribution in [0, 0.1) is 11.3 Å². The van der Waals surface area contributed by atoms with Crippen molar-refractivity contribution in [1.29, 1.82) is 0 Å². The molecule has 1 aliphatic rings. The maximum Gasteiger partial charge on any atom is 0.335 e. The summed E-state index contributed by atoms with van der Waals surface area (Å²) in [6, 6.07) is 0.987. The van der Waals surface area contributed by atoms with Gasteiger partial charge in [-0.05, 0) is 49.4 Å². The van der Waals surface area contributed by atoms with Crippen LogP contribution in [0.2, 0.25) is 0 Å². The summed E-state index contributed by atoms with van der Waals surface area (Å²) in [5, 5.41) is 38.3. The number of hydrogen-bond donors (Lipinski definition) is 8. The normalized spacial score (nSPS) is 17.1. The molecule has 0 radical (unpaired) electrons. The van der Waals surface area contributed by atoms with Crippen LogP contribution in [0.3, 0.4) is 0 Å². The third-order valence-corrected chi connectivity index (χ3v) is 12.0. The number of rotatable bonds is 23. The van der Waals surface area contributed by atoms with Crippen LogP contribution in [-0.2, 0) is 43.8 Å². The Kier molecular flexibility index (Phi) is 19.3. The fourth-order valence-electron chi connectivity index (χ4n) is 6.85. The first-order valence-corrected chi connectivity index (χ1v) is 21.2. The number of nitrogens with one attached hydrogen (secondary N) is 4. The maximum atomic E-state index is 14.3. The van der Waals surface area contributed by atoms with E-state index in [4.69, 9.17) is 10.8 Å². The number of likely N-dealkylation sites (N-methyl/N-ethyl adjacent to an activating group) is 2. The van der Waals surface area contributed by atoms with Crippen LogP contribution in [0.1, 0.15) is 90.6 Å². The minimum absolute atomic E-state index is 0.0657. The van der Waals surface area contributed by atoms with E-state index in [0.717, 1.165) is 16.7 Å². The Bertz CT molecular complexity index is 1880. The van der Waals surface area contributed by atoms with Gasteiger partial charge in [-0.2, -0.15) is 0 Å². The van der Waals surface area contributed by atoms with Gasteiger partial charge in [-0.3, -0.25) is 38.5 Å². The highest BCUT2D eigenvalue weighted by atomic mass is 32.2. The second kappa shape index (κ2) is 22.7. The Morgan fingerprint density at radius 1 is 0.952 bits per heavy atom. The summed E-state index contributed by atoms with van der Waals surface area (Å²) in [7, 11) is 3.16. The minimum Gasteiger partial charge on any atom is -0.480 e. The van der Waals surface area contributed by atoms with Gasteiger partial charge in [0, 0.05) is 49.7 Å². The molecule has 0 bridgehead atoms. The van der Waals surface area contributed by atoms with E-state index in [-0.39, 0.29) is 55.2 Å². The van der Waals surface area contributed by atoms with Crippen LogP contribution in [-0.4, -0.2) is 147 Å². The number of aromatic carboxylic acids is 1. The molecule has 0 aromatic heterocycles. The molecule has 344 valence electrons. The highest BCUT2D eigenvalue weighted by molar-refractivity contribution is 8.00. The number of imide groups is 1. The van der Waals surface area contributed by atoms with Gasteiger partial charge in [0.2, 0.25) is 35.4 Å². The Hall–Kier alpha value is -5.34. The number of likely N-dealkylation sites (tertiary alicyclic amines) is 1. The third-order valence-electron chi connectivity index (χ3n) is 10.7. The first-order valence-electron chi connectivity index (χ1n) is 20.2. The summed E-state index contributed by atoms with van der Waals surface area (Å²) in [6.45, 7) is 13.9. The van der Waals surface area contributed by atoms with Gasteiger partial charge in [-0.15, -0.1) is 11.8 Å². The van der Waals surface area contributed by atoms with Crippen molar-refractivity contribution >= 4 is 65.1 Å². The molecule has 1 fully saturated rings. The van der Waals surface area contributed by atoms with Gasteiger partial charge in [0.15, 0.2) is 0 Å². The lowest BCUT2D eigenvalue weighted by atomic mass is 9.76. The van der Waals surface area contributed by atoms with E-state index >= 15 is 0 Å². The van der Waals surface area contributed by atoms with E-state index in [0.29, 0.717) is 5.56 Å². The molecule has 62 heavy (non-hydrogen) atoms. The van der Waals surface area contributed by atoms with Crippen molar-refractivity contribution in [2.45, 2.75) is 116 Å². The predicted molar refractivity (Wildman–Crippen MR) is 231 cm³/mol. The lowest BCUT2D eigenvalue weighted by Gasteiger charge is -2.40. The van der Waals surface area contributed by atoms with E-state index in [1.807, 2.05) is 27.7 Å². The second-order valence-electron chi connectivity index (χ2n) is 17.3. The highest BCUT2D eigenvalue weighted by Gasteiger charge is 2.42. The molecule has 19 nitrogen and oxygen atoms in total. The number of benzene rings is 1. The van der Waals surface area contributed by atoms with E-state index in [1.54, 1.807) is 47.0 Å². The first-order chi connectivity index (χ1) is 28.6. The van der Waals surface area contributed by atoms with Gasteiger partial charge >= 0.3 is 17.9 Å². The fraction of sp³-hybridized carbons (Fsp3) is 0.595. The first kappa shape index (κ1) is 52.8. The number of nitrogens with zero attached hydrogens (tertiary/aromatic N) is 2. The SMILES string of the molecule is CN[C@H](C(=O)N[C@H](C(=O)N(C)[C@H](/C=C(\C)C(=O)N[C@H](CCC(=O)NCCN1C(=O)CC(SC[C@H](N)C(=O)O)C1=O)C(=O)O)C(C)C)C(C)(C)C)C(C)(C)c1ccc(C(=O)O)cc1. The van der Waals surface area contributed by atoms with E-state index in [2.05, 4.69) is 21.3 Å². The zero-order valence-corrected chi connectivity index (χ0v) is 37.9. The van der Waals surface area contributed by atoms with Crippen molar-refractivity contribution in [3.63, 3.8) is 0 Å². The molecule has 6 atom stereocenters. The number of hydrogen-bond acceptors (Lipinski definition) is 12. The van der Waals surface area contributed by atoms with Gasteiger partial charge in [-0.1, -0.05) is 66.7 Å². The molecule has 6 amide bonds. The van der Waals surface area contributed by atoms with Crippen LogP contribution in [0.15, 0.2) is 35.9 Å². The maximum absolute atomic E-state index is 14.3. The Labute approximate surface area is 366 Å². The molecule has 2 rings (SSSR count). The largest absolute Gasteiger partial charge is 0.480 e. The number of carbonyl (C=O) groups is 9. The monoisotopic (exact) mass is 889 g/mol. The molecule has 1 aromatic rings. The summed E-state index contributed by atoms with van der Waals surface area (Å²) in [5.41, 5.74) is 4.75. The summed E-state index contributed by atoms with van der Waals surface area (Å²) in [5.74, 6) is -7.28. The van der Waals surface area contributed by atoms with Crippen molar-refractivity contribution in [3.8, 4) is 0 Å². The molecule has 0 saturated carbocycles. The van der Waals surface area contributed by atoms with Gasteiger partial charge in [0.1, 0.15) is 18.1 Å². The van der Waals surface area contributed by atoms with E-state index in [9.17, 15) is 53.4 Å². The minimum atomic E-state index is -1.47.